The van der Waals surface area contributed by atoms with Crippen molar-refractivity contribution in [1.29, 1.82) is 0 Å². The molecule has 0 bridgehead atoms. The van der Waals surface area contributed by atoms with Crippen molar-refractivity contribution in [2.75, 3.05) is 6.54 Å². The second-order valence-electron chi connectivity index (χ2n) is 4.36. The van der Waals surface area contributed by atoms with Gasteiger partial charge in [0.1, 0.15) is 0 Å². The van der Waals surface area contributed by atoms with Gasteiger partial charge >= 0.3 is 5.97 Å². The van der Waals surface area contributed by atoms with Crippen LogP contribution in [-0.4, -0.2) is 23.5 Å². The molecule has 0 aromatic heterocycles. The van der Waals surface area contributed by atoms with Crippen molar-refractivity contribution in [2.24, 2.45) is 0 Å². The number of carbonyl (C=O) groups excluding carboxylic acids is 1. The standard InChI is InChI=1S/C14H19NO3/c1-11-5-7-12(8-6-11)10-13(16)15-9-3-2-4-14(17)18/h5-8H,2-4,9-10H2,1H3,(H,15,16)(H,17,18). The van der Waals surface area contributed by atoms with Crippen LogP contribution in [0.25, 0.3) is 0 Å². The Morgan fingerprint density at radius 3 is 2.44 bits per heavy atom. The van der Waals surface area contributed by atoms with Crippen molar-refractivity contribution < 1.29 is 14.7 Å². The van der Waals surface area contributed by atoms with Crippen LogP contribution in [-0.2, 0) is 16.0 Å². The highest BCUT2D eigenvalue weighted by Crippen LogP contribution is 2.03. The van der Waals surface area contributed by atoms with E-state index in [0.717, 1.165) is 5.56 Å². The molecule has 1 aromatic carbocycles. The van der Waals surface area contributed by atoms with Crippen molar-refractivity contribution in [3.8, 4) is 0 Å². The number of hydrogen-bond acceptors (Lipinski definition) is 2. The van der Waals surface area contributed by atoms with Crippen molar-refractivity contribution in [1.82, 2.24) is 5.32 Å². The Morgan fingerprint density at radius 2 is 1.83 bits per heavy atom. The van der Waals surface area contributed by atoms with E-state index in [-0.39, 0.29) is 12.3 Å². The van der Waals surface area contributed by atoms with Crippen LogP contribution >= 0.6 is 0 Å². The molecule has 2 N–H and O–H groups in total. The fourth-order valence-corrected chi connectivity index (χ4v) is 1.58. The van der Waals surface area contributed by atoms with E-state index in [1.165, 1.54) is 5.56 Å². The molecule has 0 radical (unpaired) electrons. The summed E-state index contributed by atoms with van der Waals surface area (Å²) < 4.78 is 0. The summed E-state index contributed by atoms with van der Waals surface area (Å²) in [6.45, 7) is 2.55. The molecule has 98 valence electrons. The lowest BCUT2D eigenvalue weighted by molar-refractivity contribution is -0.137. The van der Waals surface area contributed by atoms with E-state index in [9.17, 15) is 9.59 Å². The molecular formula is C14H19NO3. The van der Waals surface area contributed by atoms with Crippen LogP contribution < -0.4 is 5.32 Å². The fraction of sp³-hybridized carbons (Fsp3) is 0.429. The summed E-state index contributed by atoms with van der Waals surface area (Å²) in [4.78, 5) is 21.8. The van der Waals surface area contributed by atoms with Crippen molar-refractivity contribution in [3.05, 3.63) is 35.4 Å². The molecule has 1 aromatic rings. The SMILES string of the molecule is Cc1ccc(CC(=O)NCCCCC(=O)O)cc1. The van der Waals surface area contributed by atoms with Crippen LogP contribution in [0.5, 0.6) is 0 Å². The largest absolute Gasteiger partial charge is 0.481 e. The second-order valence-corrected chi connectivity index (χ2v) is 4.36. The van der Waals surface area contributed by atoms with Gasteiger partial charge in [0.2, 0.25) is 5.91 Å². The van der Waals surface area contributed by atoms with E-state index < -0.39 is 5.97 Å². The lowest BCUT2D eigenvalue weighted by atomic mass is 10.1. The van der Waals surface area contributed by atoms with Crippen LogP contribution in [0.4, 0.5) is 0 Å². The number of hydrogen-bond donors (Lipinski definition) is 2. The molecular weight excluding hydrogens is 230 g/mol. The predicted molar refractivity (Wildman–Crippen MR) is 69.4 cm³/mol. The van der Waals surface area contributed by atoms with Crippen molar-refractivity contribution in [3.63, 3.8) is 0 Å². The van der Waals surface area contributed by atoms with Gasteiger partial charge in [-0.25, -0.2) is 0 Å². The van der Waals surface area contributed by atoms with Gasteiger partial charge < -0.3 is 10.4 Å². The minimum atomic E-state index is -0.791. The third-order valence-corrected chi connectivity index (χ3v) is 2.62. The molecule has 0 saturated heterocycles. The summed E-state index contributed by atoms with van der Waals surface area (Å²) in [6.07, 6.45) is 1.83. The summed E-state index contributed by atoms with van der Waals surface area (Å²) >= 11 is 0. The maximum atomic E-state index is 11.6. The zero-order valence-electron chi connectivity index (χ0n) is 10.6. The molecule has 18 heavy (non-hydrogen) atoms. The first-order valence-electron chi connectivity index (χ1n) is 6.12. The molecule has 1 amide bonds. The molecule has 0 aliphatic heterocycles. The molecule has 0 atom stereocenters. The van der Waals surface area contributed by atoms with Crippen LogP contribution in [0.15, 0.2) is 24.3 Å². The molecule has 0 unspecified atom stereocenters. The predicted octanol–water partition coefficient (Wildman–Crippen LogP) is 1.91. The summed E-state index contributed by atoms with van der Waals surface area (Å²) in [5, 5.41) is 11.2. The molecule has 4 nitrogen and oxygen atoms in total. The van der Waals surface area contributed by atoms with Crippen LogP contribution in [0.1, 0.15) is 30.4 Å². The highest BCUT2D eigenvalue weighted by molar-refractivity contribution is 5.78. The number of rotatable bonds is 7. The Kier molecular flexibility index (Phi) is 5.91. The van der Waals surface area contributed by atoms with Gasteiger partial charge in [-0.3, -0.25) is 9.59 Å². The number of aryl methyl sites for hydroxylation is 1. The van der Waals surface area contributed by atoms with Crippen molar-refractivity contribution >= 4 is 11.9 Å². The van der Waals surface area contributed by atoms with E-state index in [0.29, 0.717) is 25.8 Å². The number of carboxylic acid groups (broad SMARTS) is 1. The molecule has 4 heteroatoms. The van der Waals surface area contributed by atoms with Gasteiger partial charge in [0, 0.05) is 13.0 Å². The lowest BCUT2D eigenvalue weighted by Gasteiger charge is -2.05. The number of carboxylic acids is 1. The number of aliphatic carboxylic acids is 1. The van der Waals surface area contributed by atoms with E-state index in [4.69, 9.17) is 5.11 Å². The average Bonchev–Trinajstić information content (AvgIpc) is 2.31. The smallest absolute Gasteiger partial charge is 0.303 e. The Morgan fingerprint density at radius 1 is 1.17 bits per heavy atom. The average molecular weight is 249 g/mol. The number of amides is 1. The van der Waals surface area contributed by atoms with Gasteiger partial charge in [-0.1, -0.05) is 29.8 Å². The second kappa shape index (κ2) is 7.48. The highest BCUT2D eigenvalue weighted by atomic mass is 16.4. The Bertz CT molecular complexity index is 398. The summed E-state index contributed by atoms with van der Waals surface area (Å²) in [5.74, 6) is -0.810. The van der Waals surface area contributed by atoms with Gasteiger partial charge in [0.15, 0.2) is 0 Å². The van der Waals surface area contributed by atoms with Crippen molar-refractivity contribution in [2.45, 2.75) is 32.6 Å². The van der Waals surface area contributed by atoms with Crippen LogP contribution in [0, 0.1) is 6.92 Å². The Hall–Kier alpha value is -1.84. The van der Waals surface area contributed by atoms with Gasteiger partial charge in [0.05, 0.1) is 6.42 Å². The van der Waals surface area contributed by atoms with E-state index in [1.54, 1.807) is 0 Å². The minimum Gasteiger partial charge on any atom is -0.481 e. The minimum absolute atomic E-state index is 0.0193. The summed E-state index contributed by atoms with van der Waals surface area (Å²) in [6, 6.07) is 7.85. The number of nitrogens with one attached hydrogen (secondary N) is 1. The van der Waals surface area contributed by atoms with Gasteiger partial charge in [-0.15, -0.1) is 0 Å². The third kappa shape index (κ3) is 6.03. The molecule has 1 rings (SSSR count). The Labute approximate surface area is 107 Å². The molecule has 0 aliphatic carbocycles. The van der Waals surface area contributed by atoms with Gasteiger partial charge in [-0.2, -0.15) is 0 Å². The maximum Gasteiger partial charge on any atom is 0.303 e. The van der Waals surface area contributed by atoms with Gasteiger partial charge in [0.25, 0.3) is 0 Å². The topological polar surface area (TPSA) is 66.4 Å². The molecule has 0 aliphatic rings. The fourth-order valence-electron chi connectivity index (χ4n) is 1.58. The highest BCUT2D eigenvalue weighted by Gasteiger charge is 2.03. The summed E-state index contributed by atoms with van der Waals surface area (Å²) in [5.41, 5.74) is 2.16. The van der Waals surface area contributed by atoms with E-state index in [2.05, 4.69) is 5.32 Å². The third-order valence-electron chi connectivity index (χ3n) is 2.62. The molecule has 0 fully saturated rings. The van der Waals surface area contributed by atoms with Gasteiger partial charge in [-0.05, 0) is 25.3 Å². The maximum absolute atomic E-state index is 11.6. The number of carbonyl (C=O) groups is 2. The van der Waals surface area contributed by atoms with E-state index in [1.807, 2.05) is 31.2 Å². The first-order valence-corrected chi connectivity index (χ1v) is 6.12. The lowest BCUT2D eigenvalue weighted by Crippen LogP contribution is -2.26. The molecule has 0 heterocycles. The number of unbranched alkanes of at least 4 members (excludes halogenated alkanes) is 1. The molecule has 0 saturated carbocycles. The van der Waals surface area contributed by atoms with E-state index >= 15 is 0 Å². The quantitative estimate of drug-likeness (QED) is 0.725. The number of benzene rings is 1. The van der Waals surface area contributed by atoms with Crippen LogP contribution in [0.2, 0.25) is 0 Å². The zero-order chi connectivity index (χ0) is 13.4. The first-order chi connectivity index (χ1) is 8.58. The summed E-state index contributed by atoms with van der Waals surface area (Å²) in [7, 11) is 0. The Balaban J connectivity index is 2.17. The normalized spacial score (nSPS) is 10.1. The molecule has 0 spiro atoms. The monoisotopic (exact) mass is 249 g/mol. The zero-order valence-corrected chi connectivity index (χ0v) is 10.6. The first kappa shape index (κ1) is 14.2. The van der Waals surface area contributed by atoms with Crippen LogP contribution in [0.3, 0.4) is 0 Å².